The summed E-state index contributed by atoms with van der Waals surface area (Å²) in [6, 6.07) is 2.67. The maximum absolute atomic E-state index is 8.46. The number of rotatable bonds is 2. The van der Waals surface area contributed by atoms with E-state index < -0.39 is 0 Å². The third-order valence-electron chi connectivity index (χ3n) is 2.54. The number of nitrogens with zero attached hydrogens (tertiary/aromatic N) is 1. The fourth-order valence-electron chi connectivity index (χ4n) is 1.62. The largest absolute Gasteiger partial charge is 0.313 e. The van der Waals surface area contributed by atoms with E-state index in [1.807, 2.05) is 0 Å². The van der Waals surface area contributed by atoms with Crippen molar-refractivity contribution in [1.29, 1.82) is 5.26 Å². The highest BCUT2D eigenvalue weighted by molar-refractivity contribution is 4.89. The minimum absolute atomic E-state index is 0.465. The molecule has 1 fully saturated rings. The summed E-state index contributed by atoms with van der Waals surface area (Å²) in [5.74, 6) is 1.54. The van der Waals surface area contributed by atoms with Crippen LogP contribution in [0.15, 0.2) is 0 Å². The molecule has 0 aromatic carbocycles. The Balaban J connectivity index is 2.30. The number of nitrogens with one attached hydrogen (secondary N) is 1. The first-order chi connectivity index (χ1) is 5.24. The smallest absolute Gasteiger partial charge is 0.0638 e. The van der Waals surface area contributed by atoms with Crippen molar-refractivity contribution in [2.24, 2.45) is 11.8 Å². The van der Waals surface area contributed by atoms with Crippen LogP contribution in [0.4, 0.5) is 0 Å². The van der Waals surface area contributed by atoms with E-state index in [0.29, 0.717) is 12.5 Å². The molecule has 0 amide bonds. The molecule has 2 atom stereocenters. The van der Waals surface area contributed by atoms with Gasteiger partial charge >= 0.3 is 0 Å². The van der Waals surface area contributed by atoms with Crippen LogP contribution in [-0.2, 0) is 0 Å². The third kappa shape index (κ3) is 2.20. The monoisotopic (exact) mass is 152 g/mol. The predicted octanol–water partition coefficient (Wildman–Crippen LogP) is 1.53. The number of hydrogen-bond acceptors (Lipinski definition) is 2. The van der Waals surface area contributed by atoms with Crippen LogP contribution in [0.5, 0.6) is 0 Å². The molecule has 0 radical (unpaired) electrons. The van der Waals surface area contributed by atoms with E-state index >= 15 is 0 Å². The Morgan fingerprint density at radius 1 is 1.64 bits per heavy atom. The molecule has 11 heavy (non-hydrogen) atoms. The lowest BCUT2D eigenvalue weighted by atomic mass is 9.93. The van der Waals surface area contributed by atoms with E-state index in [9.17, 15) is 0 Å². The van der Waals surface area contributed by atoms with Gasteiger partial charge in [-0.05, 0) is 24.8 Å². The Labute approximate surface area is 68.6 Å². The van der Waals surface area contributed by atoms with Crippen molar-refractivity contribution in [3.05, 3.63) is 0 Å². The molecule has 1 aliphatic heterocycles. The lowest BCUT2D eigenvalue weighted by Crippen LogP contribution is -2.20. The van der Waals surface area contributed by atoms with Gasteiger partial charge in [-0.2, -0.15) is 5.26 Å². The van der Waals surface area contributed by atoms with Crippen molar-refractivity contribution in [2.45, 2.75) is 32.7 Å². The fourth-order valence-corrected chi connectivity index (χ4v) is 1.62. The SMILES string of the molecule is CC(C)C1CNC(CC#N)C1. The van der Waals surface area contributed by atoms with Crippen LogP contribution < -0.4 is 5.32 Å². The van der Waals surface area contributed by atoms with Gasteiger partial charge in [-0.1, -0.05) is 13.8 Å². The van der Waals surface area contributed by atoms with Gasteiger partial charge in [-0.3, -0.25) is 0 Å². The molecule has 0 aromatic rings. The van der Waals surface area contributed by atoms with Crippen molar-refractivity contribution in [1.82, 2.24) is 5.32 Å². The minimum atomic E-state index is 0.465. The van der Waals surface area contributed by atoms with Crippen LogP contribution in [-0.4, -0.2) is 12.6 Å². The topological polar surface area (TPSA) is 35.8 Å². The van der Waals surface area contributed by atoms with Crippen LogP contribution in [0.1, 0.15) is 26.7 Å². The Hall–Kier alpha value is -0.550. The summed E-state index contributed by atoms with van der Waals surface area (Å²) < 4.78 is 0. The van der Waals surface area contributed by atoms with Gasteiger partial charge in [-0.15, -0.1) is 0 Å². The van der Waals surface area contributed by atoms with Crippen LogP contribution in [0.3, 0.4) is 0 Å². The van der Waals surface area contributed by atoms with Crippen LogP contribution in [0.2, 0.25) is 0 Å². The molecule has 0 aliphatic carbocycles. The Morgan fingerprint density at radius 3 is 2.82 bits per heavy atom. The fraction of sp³-hybridized carbons (Fsp3) is 0.889. The quantitative estimate of drug-likeness (QED) is 0.651. The number of nitriles is 1. The molecule has 2 heteroatoms. The first-order valence-electron chi connectivity index (χ1n) is 4.34. The van der Waals surface area contributed by atoms with Crippen LogP contribution in [0.25, 0.3) is 0 Å². The summed E-state index contributed by atoms with van der Waals surface area (Å²) in [5, 5.41) is 11.8. The van der Waals surface area contributed by atoms with Gasteiger partial charge in [0.15, 0.2) is 0 Å². The molecule has 2 unspecified atom stereocenters. The lowest BCUT2D eigenvalue weighted by Gasteiger charge is -2.11. The zero-order valence-electron chi connectivity index (χ0n) is 7.30. The predicted molar refractivity (Wildman–Crippen MR) is 45.0 cm³/mol. The molecule has 0 spiro atoms. The average Bonchev–Trinajstić information content (AvgIpc) is 2.37. The average molecular weight is 152 g/mol. The Kier molecular flexibility index (Phi) is 2.90. The van der Waals surface area contributed by atoms with Gasteiger partial charge in [0.05, 0.1) is 12.5 Å². The van der Waals surface area contributed by atoms with Gasteiger partial charge in [0.2, 0.25) is 0 Å². The highest BCUT2D eigenvalue weighted by atomic mass is 14.9. The lowest BCUT2D eigenvalue weighted by molar-refractivity contribution is 0.411. The van der Waals surface area contributed by atoms with Gasteiger partial charge in [-0.25, -0.2) is 0 Å². The highest BCUT2D eigenvalue weighted by Crippen LogP contribution is 2.22. The molecule has 62 valence electrons. The minimum Gasteiger partial charge on any atom is -0.313 e. The maximum Gasteiger partial charge on any atom is 0.0638 e. The standard InChI is InChI=1S/C9H16N2/c1-7(2)8-5-9(3-4-10)11-6-8/h7-9,11H,3,5-6H2,1-2H3. The molecule has 1 saturated heterocycles. The molecule has 1 heterocycles. The first kappa shape index (κ1) is 8.55. The van der Waals surface area contributed by atoms with E-state index in [0.717, 1.165) is 18.4 Å². The molecule has 2 nitrogen and oxygen atoms in total. The van der Waals surface area contributed by atoms with Crippen molar-refractivity contribution < 1.29 is 0 Å². The molecule has 0 bridgehead atoms. The van der Waals surface area contributed by atoms with Crippen molar-refractivity contribution in [3.63, 3.8) is 0 Å². The number of hydrogen-bond donors (Lipinski definition) is 1. The maximum atomic E-state index is 8.46. The molecule has 0 aromatic heterocycles. The molecule has 1 rings (SSSR count). The molecular weight excluding hydrogens is 136 g/mol. The summed E-state index contributed by atoms with van der Waals surface area (Å²) in [7, 11) is 0. The van der Waals surface area contributed by atoms with E-state index in [2.05, 4.69) is 25.2 Å². The van der Waals surface area contributed by atoms with E-state index in [-0.39, 0.29) is 0 Å². The molecule has 0 saturated carbocycles. The third-order valence-corrected chi connectivity index (χ3v) is 2.54. The second-order valence-electron chi connectivity index (χ2n) is 3.71. The Morgan fingerprint density at radius 2 is 2.36 bits per heavy atom. The van der Waals surface area contributed by atoms with Crippen LogP contribution in [0, 0.1) is 23.2 Å². The highest BCUT2D eigenvalue weighted by Gasteiger charge is 2.25. The van der Waals surface area contributed by atoms with E-state index in [1.165, 1.54) is 6.42 Å². The normalized spacial score (nSPS) is 30.7. The van der Waals surface area contributed by atoms with E-state index in [4.69, 9.17) is 5.26 Å². The first-order valence-corrected chi connectivity index (χ1v) is 4.34. The zero-order chi connectivity index (χ0) is 8.27. The molecule has 1 aliphatic rings. The molecule has 1 N–H and O–H groups in total. The summed E-state index contributed by atoms with van der Waals surface area (Å²) >= 11 is 0. The van der Waals surface area contributed by atoms with Gasteiger partial charge in [0, 0.05) is 6.04 Å². The van der Waals surface area contributed by atoms with Crippen molar-refractivity contribution in [2.75, 3.05) is 6.54 Å². The molecular formula is C9H16N2. The second kappa shape index (κ2) is 3.73. The summed E-state index contributed by atoms with van der Waals surface area (Å²) in [5.41, 5.74) is 0. The summed E-state index contributed by atoms with van der Waals surface area (Å²) in [6.07, 6.45) is 1.86. The van der Waals surface area contributed by atoms with Gasteiger partial charge in [0.25, 0.3) is 0 Å². The second-order valence-corrected chi connectivity index (χ2v) is 3.71. The van der Waals surface area contributed by atoms with Crippen LogP contribution >= 0.6 is 0 Å². The van der Waals surface area contributed by atoms with Crippen molar-refractivity contribution >= 4 is 0 Å². The van der Waals surface area contributed by atoms with Gasteiger partial charge < -0.3 is 5.32 Å². The van der Waals surface area contributed by atoms with Gasteiger partial charge in [0.1, 0.15) is 0 Å². The Bertz CT molecular complexity index is 157. The summed E-state index contributed by atoms with van der Waals surface area (Å²) in [4.78, 5) is 0. The zero-order valence-corrected chi connectivity index (χ0v) is 7.30. The summed E-state index contributed by atoms with van der Waals surface area (Å²) in [6.45, 7) is 5.60. The van der Waals surface area contributed by atoms with Crippen molar-refractivity contribution in [3.8, 4) is 6.07 Å². The van der Waals surface area contributed by atoms with E-state index in [1.54, 1.807) is 0 Å².